The van der Waals surface area contributed by atoms with Gasteiger partial charge in [-0.2, -0.15) is 5.10 Å². The van der Waals surface area contributed by atoms with E-state index in [-0.39, 0.29) is 30.2 Å². The van der Waals surface area contributed by atoms with Crippen LogP contribution in [-0.2, 0) is 16.1 Å². The fourth-order valence-corrected chi connectivity index (χ4v) is 3.93. The van der Waals surface area contributed by atoms with Gasteiger partial charge in [-0.15, -0.1) is 24.8 Å². The van der Waals surface area contributed by atoms with Crippen molar-refractivity contribution in [1.29, 1.82) is 0 Å². The number of nitrogens with one attached hydrogen (secondary N) is 1. The van der Waals surface area contributed by atoms with Gasteiger partial charge in [0.2, 0.25) is 5.91 Å². The molecule has 3 heterocycles. The smallest absolute Gasteiger partial charge is 0.231 e. The number of likely N-dealkylation sites (tertiary alicyclic amines) is 1. The molecule has 2 fully saturated rings. The Balaban J connectivity index is 0.00000156. The maximum Gasteiger partial charge on any atom is 0.231 e. The number of methoxy groups -OCH3 is 1. The minimum Gasteiger partial charge on any atom is -0.384 e. The Kier molecular flexibility index (Phi) is 9.21. The first-order chi connectivity index (χ1) is 11.2. The lowest BCUT2D eigenvalue weighted by atomic mass is 9.77. The van der Waals surface area contributed by atoms with Crippen molar-refractivity contribution >= 4 is 30.7 Å². The molecule has 1 amide bonds. The Labute approximate surface area is 162 Å². The van der Waals surface area contributed by atoms with Crippen LogP contribution in [0.15, 0.2) is 18.5 Å². The van der Waals surface area contributed by atoms with E-state index in [1.54, 1.807) is 7.11 Å². The summed E-state index contributed by atoms with van der Waals surface area (Å²) in [6.07, 6.45) is 7.73. The molecule has 0 atom stereocenters. The number of carbonyl (C=O) groups excluding carboxylic acids is 1. The predicted molar refractivity (Wildman–Crippen MR) is 102 cm³/mol. The highest BCUT2D eigenvalue weighted by Gasteiger charge is 2.42. The Morgan fingerprint density at radius 3 is 2.52 bits per heavy atom. The van der Waals surface area contributed by atoms with Gasteiger partial charge in [-0.05, 0) is 50.8 Å². The third-order valence-electron chi connectivity index (χ3n) is 5.34. The van der Waals surface area contributed by atoms with Crippen molar-refractivity contribution in [2.45, 2.75) is 32.2 Å². The van der Waals surface area contributed by atoms with E-state index in [9.17, 15) is 4.79 Å². The molecule has 2 saturated heterocycles. The number of piperidine rings is 2. The van der Waals surface area contributed by atoms with Crippen LogP contribution in [0.3, 0.4) is 0 Å². The molecule has 0 radical (unpaired) electrons. The summed E-state index contributed by atoms with van der Waals surface area (Å²) < 4.78 is 7.40. The number of ether oxygens (including phenoxy) is 1. The van der Waals surface area contributed by atoms with Crippen LogP contribution >= 0.6 is 24.8 Å². The zero-order valence-electron chi connectivity index (χ0n) is 14.9. The first-order valence-electron chi connectivity index (χ1n) is 8.70. The lowest BCUT2D eigenvalue weighted by Gasteiger charge is -2.42. The van der Waals surface area contributed by atoms with Crippen LogP contribution in [0.4, 0.5) is 0 Å². The first-order valence-corrected chi connectivity index (χ1v) is 8.70. The Morgan fingerprint density at radius 2 is 1.96 bits per heavy atom. The zero-order chi connectivity index (χ0) is 16.1. The van der Waals surface area contributed by atoms with Crippen LogP contribution in [-0.4, -0.2) is 60.5 Å². The molecule has 0 spiro atoms. The van der Waals surface area contributed by atoms with Gasteiger partial charge in [-0.3, -0.25) is 9.48 Å². The number of aromatic nitrogens is 2. The number of amides is 1. The number of halogens is 2. The molecule has 1 aromatic heterocycles. The summed E-state index contributed by atoms with van der Waals surface area (Å²) in [5.41, 5.74) is -0.311. The van der Waals surface area contributed by atoms with Crippen molar-refractivity contribution in [2.75, 3.05) is 39.9 Å². The maximum absolute atomic E-state index is 13.1. The van der Waals surface area contributed by atoms with Crippen LogP contribution in [0.1, 0.15) is 25.7 Å². The topological polar surface area (TPSA) is 59.4 Å². The second-order valence-electron chi connectivity index (χ2n) is 6.93. The largest absolute Gasteiger partial charge is 0.384 e. The lowest BCUT2D eigenvalue weighted by molar-refractivity contribution is -0.149. The molecule has 0 unspecified atom stereocenters. The molecular formula is C17H30Cl2N4O2. The van der Waals surface area contributed by atoms with Crippen LogP contribution in [0.2, 0.25) is 0 Å². The monoisotopic (exact) mass is 392 g/mol. The molecule has 2 aliphatic heterocycles. The fourth-order valence-electron chi connectivity index (χ4n) is 3.93. The van der Waals surface area contributed by atoms with Gasteiger partial charge in [0, 0.05) is 39.1 Å². The summed E-state index contributed by atoms with van der Waals surface area (Å²) in [6, 6.07) is 1.96. The van der Waals surface area contributed by atoms with E-state index < -0.39 is 0 Å². The normalized spacial score (nSPS) is 20.4. The molecule has 2 aliphatic rings. The third kappa shape index (κ3) is 5.33. The Hall–Kier alpha value is -0.820. The highest BCUT2D eigenvalue weighted by atomic mass is 35.5. The van der Waals surface area contributed by atoms with Crippen LogP contribution in [0.25, 0.3) is 0 Å². The van der Waals surface area contributed by atoms with Crippen molar-refractivity contribution in [2.24, 2.45) is 11.3 Å². The molecular weight excluding hydrogens is 363 g/mol. The highest BCUT2D eigenvalue weighted by Crippen LogP contribution is 2.33. The molecule has 1 aromatic rings. The molecule has 3 rings (SSSR count). The third-order valence-corrected chi connectivity index (χ3v) is 5.34. The molecule has 0 aliphatic carbocycles. The highest BCUT2D eigenvalue weighted by molar-refractivity contribution is 5.85. The van der Waals surface area contributed by atoms with Crippen molar-refractivity contribution in [3.63, 3.8) is 0 Å². The zero-order valence-corrected chi connectivity index (χ0v) is 16.5. The molecule has 25 heavy (non-hydrogen) atoms. The lowest BCUT2D eigenvalue weighted by Crippen LogP contribution is -2.53. The van der Waals surface area contributed by atoms with Gasteiger partial charge in [-0.1, -0.05) is 0 Å². The second-order valence-corrected chi connectivity index (χ2v) is 6.93. The molecule has 0 saturated carbocycles. The minimum atomic E-state index is -0.311. The quantitative estimate of drug-likeness (QED) is 0.831. The summed E-state index contributed by atoms with van der Waals surface area (Å²) in [4.78, 5) is 15.2. The van der Waals surface area contributed by atoms with Crippen LogP contribution in [0, 0.1) is 11.3 Å². The van der Waals surface area contributed by atoms with E-state index >= 15 is 0 Å². The predicted octanol–water partition coefficient (Wildman–Crippen LogP) is 1.98. The van der Waals surface area contributed by atoms with Crippen LogP contribution < -0.4 is 5.32 Å². The summed E-state index contributed by atoms with van der Waals surface area (Å²) in [7, 11) is 1.70. The van der Waals surface area contributed by atoms with Gasteiger partial charge in [-0.25, -0.2) is 0 Å². The van der Waals surface area contributed by atoms with Crippen molar-refractivity contribution in [3.8, 4) is 0 Å². The van der Waals surface area contributed by atoms with E-state index in [1.807, 2.05) is 23.1 Å². The Morgan fingerprint density at radius 1 is 1.28 bits per heavy atom. The van der Waals surface area contributed by atoms with E-state index in [0.29, 0.717) is 18.4 Å². The number of nitrogens with zero attached hydrogens (tertiary/aromatic N) is 3. The van der Waals surface area contributed by atoms with Gasteiger partial charge in [0.15, 0.2) is 0 Å². The van der Waals surface area contributed by atoms with Crippen LogP contribution in [0.5, 0.6) is 0 Å². The van der Waals surface area contributed by atoms with Crippen molar-refractivity contribution in [1.82, 2.24) is 20.0 Å². The molecule has 8 heteroatoms. The molecule has 144 valence electrons. The number of carbonyl (C=O) groups is 1. The van der Waals surface area contributed by atoms with E-state index in [0.717, 1.165) is 58.4 Å². The number of hydrogen-bond donors (Lipinski definition) is 1. The first kappa shape index (κ1) is 22.2. The second kappa shape index (κ2) is 10.4. The summed E-state index contributed by atoms with van der Waals surface area (Å²) in [5.74, 6) is 0.920. The average Bonchev–Trinajstić information content (AvgIpc) is 3.09. The van der Waals surface area contributed by atoms with Crippen molar-refractivity contribution < 1.29 is 9.53 Å². The summed E-state index contributed by atoms with van der Waals surface area (Å²) >= 11 is 0. The Bertz CT molecular complexity index is 493. The van der Waals surface area contributed by atoms with Gasteiger partial charge in [0.05, 0.1) is 12.0 Å². The standard InChI is InChI=1S/C17H28N4O2.2ClH/c1-23-14-17(5-8-18-9-6-17)16(22)20-11-3-15(4-12-20)13-21-10-2-7-19-21;;/h2,7,10,15,18H,3-6,8-9,11-14H2,1H3;2*1H. The molecule has 1 N–H and O–H groups in total. The molecule has 6 nitrogen and oxygen atoms in total. The average molecular weight is 393 g/mol. The van der Waals surface area contributed by atoms with Gasteiger partial charge >= 0.3 is 0 Å². The van der Waals surface area contributed by atoms with E-state index in [2.05, 4.69) is 15.3 Å². The van der Waals surface area contributed by atoms with Crippen molar-refractivity contribution in [3.05, 3.63) is 18.5 Å². The molecule has 0 aromatic carbocycles. The summed E-state index contributed by atoms with van der Waals surface area (Å²) in [6.45, 7) is 5.05. The minimum absolute atomic E-state index is 0. The SMILES string of the molecule is COCC1(C(=O)N2CCC(Cn3cccn3)CC2)CCNCC1.Cl.Cl. The fraction of sp³-hybridized carbons (Fsp3) is 0.765. The van der Waals surface area contributed by atoms with Gasteiger partial charge in [0.25, 0.3) is 0 Å². The van der Waals surface area contributed by atoms with E-state index in [4.69, 9.17) is 4.74 Å². The maximum atomic E-state index is 13.1. The van der Waals surface area contributed by atoms with Gasteiger partial charge in [0.1, 0.15) is 0 Å². The number of rotatable bonds is 5. The summed E-state index contributed by atoms with van der Waals surface area (Å²) in [5, 5.41) is 7.64. The van der Waals surface area contributed by atoms with Gasteiger partial charge < -0.3 is 15.0 Å². The number of hydrogen-bond acceptors (Lipinski definition) is 4. The molecule has 0 bridgehead atoms. The van der Waals surface area contributed by atoms with E-state index in [1.165, 1.54) is 0 Å².